The number of rotatable bonds is 9. The van der Waals surface area contributed by atoms with Crippen molar-refractivity contribution in [1.82, 2.24) is 0 Å². The smallest absolute Gasteiger partial charge is 0.304 e. The second-order valence-electron chi connectivity index (χ2n) is 4.24. The van der Waals surface area contributed by atoms with Crippen molar-refractivity contribution in [1.29, 1.82) is 0 Å². The Balaban J connectivity index is 3.05. The lowest BCUT2D eigenvalue weighted by atomic mass is 10.3. The Labute approximate surface area is 121 Å². The fraction of sp³-hybridized carbons (Fsp3) is 0.667. The first kappa shape index (κ1) is 16.8. The Morgan fingerprint density at radius 1 is 1.40 bits per heavy atom. The maximum atomic E-state index is 11.2. The van der Waals surface area contributed by atoms with Crippen LogP contribution in [-0.4, -0.2) is 50.6 Å². The van der Waals surface area contributed by atoms with E-state index < -0.39 is 11.0 Å². The molecule has 1 atom stereocenters. The lowest BCUT2D eigenvalue weighted by Crippen LogP contribution is -2.30. The molecule has 1 rings (SSSR count). The van der Waals surface area contributed by atoms with Gasteiger partial charge in [0, 0.05) is 38.3 Å². The van der Waals surface area contributed by atoms with Crippen LogP contribution in [0.3, 0.4) is 0 Å². The van der Waals surface area contributed by atoms with E-state index in [0.717, 1.165) is 0 Å². The molecule has 0 aliphatic heterocycles. The van der Waals surface area contributed by atoms with Crippen LogP contribution in [-0.2, 0) is 9.47 Å². The average molecular weight is 304 g/mol. The Morgan fingerprint density at radius 3 is 2.35 bits per heavy atom. The van der Waals surface area contributed by atoms with Crippen LogP contribution in [0.1, 0.15) is 17.9 Å². The van der Waals surface area contributed by atoms with Gasteiger partial charge in [-0.3, -0.25) is 10.1 Å². The van der Waals surface area contributed by atoms with Crippen LogP contribution in [0.5, 0.6) is 0 Å². The number of thiophene rings is 1. The molecule has 0 radical (unpaired) electrons. The number of anilines is 1. The van der Waals surface area contributed by atoms with Gasteiger partial charge in [0.25, 0.3) is 0 Å². The molecule has 1 heterocycles. The summed E-state index contributed by atoms with van der Waals surface area (Å²) in [6.45, 7) is 3.57. The summed E-state index contributed by atoms with van der Waals surface area (Å²) in [5, 5.41) is 21.3. The molecule has 1 N–H and O–H groups in total. The molecule has 0 amide bonds. The predicted octanol–water partition coefficient (Wildman–Crippen LogP) is 1.81. The zero-order valence-electron chi connectivity index (χ0n) is 11.9. The first-order valence-corrected chi connectivity index (χ1v) is 7.01. The number of hydrogen-bond acceptors (Lipinski definition) is 7. The van der Waals surface area contributed by atoms with Crippen LogP contribution < -0.4 is 4.90 Å². The fourth-order valence-electron chi connectivity index (χ4n) is 1.67. The largest absolute Gasteiger partial charge is 0.388 e. The Hall–Kier alpha value is -1.22. The molecular formula is C12H20N2O5S. The molecule has 114 valence electrons. The van der Waals surface area contributed by atoms with Crippen LogP contribution in [0.15, 0.2) is 6.07 Å². The summed E-state index contributed by atoms with van der Waals surface area (Å²) in [5.41, 5.74) is 0.0121. The molecule has 1 aromatic rings. The van der Waals surface area contributed by atoms with Gasteiger partial charge < -0.3 is 19.5 Å². The summed E-state index contributed by atoms with van der Waals surface area (Å²) in [6.07, 6.45) is -0.723. The lowest BCUT2D eigenvalue weighted by Gasteiger charge is -2.21. The van der Waals surface area contributed by atoms with E-state index in [2.05, 4.69) is 0 Å². The zero-order valence-corrected chi connectivity index (χ0v) is 12.7. The van der Waals surface area contributed by atoms with E-state index in [1.54, 1.807) is 21.1 Å². The molecule has 0 aromatic carbocycles. The molecule has 7 nitrogen and oxygen atoms in total. The topological polar surface area (TPSA) is 85.1 Å². The number of hydrogen-bond donors (Lipinski definition) is 1. The van der Waals surface area contributed by atoms with Crippen molar-refractivity contribution in [2.45, 2.75) is 13.0 Å². The lowest BCUT2D eigenvalue weighted by molar-refractivity contribution is -0.383. The van der Waals surface area contributed by atoms with Crippen molar-refractivity contribution in [2.75, 3.05) is 45.4 Å². The molecule has 0 saturated carbocycles. The summed E-state index contributed by atoms with van der Waals surface area (Å²) in [5.74, 6) is 0. The highest BCUT2D eigenvalue weighted by molar-refractivity contribution is 7.16. The van der Waals surface area contributed by atoms with E-state index >= 15 is 0 Å². The van der Waals surface area contributed by atoms with E-state index in [1.165, 1.54) is 17.4 Å². The second-order valence-corrected chi connectivity index (χ2v) is 5.31. The number of ether oxygens (including phenoxy) is 2. The van der Waals surface area contributed by atoms with Crippen molar-refractivity contribution in [3.05, 3.63) is 21.1 Å². The van der Waals surface area contributed by atoms with Crippen LogP contribution in [0.2, 0.25) is 0 Å². The minimum atomic E-state index is -0.723. The molecule has 1 aromatic heterocycles. The van der Waals surface area contributed by atoms with Crippen LogP contribution in [0, 0.1) is 10.1 Å². The Kier molecular flexibility index (Phi) is 6.86. The van der Waals surface area contributed by atoms with E-state index in [0.29, 0.717) is 36.2 Å². The summed E-state index contributed by atoms with van der Waals surface area (Å²) in [7, 11) is 3.16. The standard InChI is InChI=1S/C12H20N2O5S/c1-9(15)11-8-10(14(16)17)12(20-11)13(4-6-18-2)5-7-19-3/h8-9,15H,4-7H2,1-3H3/t9-/m0/s1. The van der Waals surface area contributed by atoms with Gasteiger partial charge >= 0.3 is 5.69 Å². The molecular weight excluding hydrogens is 284 g/mol. The van der Waals surface area contributed by atoms with Crippen LogP contribution in [0.4, 0.5) is 10.7 Å². The Morgan fingerprint density at radius 2 is 1.95 bits per heavy atom. The van der Waals surface area contributed by atoms with Gasteiger partial charge in [-0.1, -0.05) is 0 Å². The normalized spacial score (nSPS) is 12.4. The van der Waals surface area contributed by atoms with E-state index in [4.69, 9.17) is 9.47 Å². The maximum absolute atomic E-state index is 11.2. The Bertz CT molecular complexity index is 427. The van der Waals surface area contributed by atoms with E-state index in [-0.39, 0.29) is 5.69 Å². The predicted molar refractivity (Wildman–Crippen MR) is 77.6 cm³/mol. The van der Waals surface area contributed by atoms with Gasteiger partial charge in [0.15, 0.2) is 5.00 Å². The molecule has 0 bridgehead atoms. The summed E-state index contributed by atoms with van der Waals surface area (Å²) < 4.78 is 10.1. The van der Waals surface area contributed by atoms with Gasteiger partial charge in [-0.15, -0.1) is 11.3 Å². The third kappa shape index (κ3) is 4.41. The van der Waals surface area contributed by atoms with Crippen molar-refractivity contribution < 1.29 is 19.5 Å². The summed E-state index contributed by atoms with van der Waals surface area (Å²) >= 11 is 1.23. The SMILES string of the molecule is COCCN(CCOC)c1sc([C@H](C)O)cc1[N+](=O)[O-]. The summed E-state index contributed by atoms with van der Waals surface area (Å²) in [4.78, 5) is 13.1. The van der Waals surface area contributed by atoms with Crippen LogP contribution in [0.25, 0.3) is 0 Å². The van der Waals surface area contributed by atoms with Gasteiger partial charge in [0.2, 0.25) is 0 Å². The first-order chi connectivity index (χ1) is 9.51. The number of aliphatic hydroxyl groups is 1. The van der Waals surface area contributed by atoms with Crippen molar-refractivity contribution >= 4 is 22.0 Å². The van der Waals surface area contributed by atoms with E-state index in [9.17, 15) is 15.2 Å². The highest BCUT2D eigenvalue weighted by atomic mass is 32.1. The fourth-order valence-corrected chi connectivity index (χ4v) is 2.79. The third-order valence-electron chi connectivity index (χ3n) is 2.74. The van der Waals surface area contributed by atoms with Gasteiger partial charge in [-0.25, -0.2) is 0 Å². The zero-order chi connectivity index (χ0) is 15.1. The van der Waals surface area contributed by atoms with Gasteiger partial charge in [-0.05, 0) is 6.92 Å². The van der Waals surface area contributed by atoms with Crippen molar-refractivity contribution in [3.8, 4) is 0 Å². The van der Waals surface area contributed by atoms with Gasteiger partial charge in [0.1, 0.15) is 0 Å². The number of nitro groups is 1. The molecule has 0 aliphatic rings. The molecule has 0 unspecified atom stereocenters. The maximum Gasteiger partial charge on any atom is 0.304 e. The van der Waals surface area contributed by atoms with Crippen molar-refractivity contribution in [3.63, 3.8) is 0 Å². The second kappa shape index (κ2) is 8.15. The van der Waals surface area contributed by atoms with Crippen molar-refractivity contribution in [2.24, 2.45) is 0 Å². The van der Waals surface area contributed by atoms with Gasteiger partial charge in [0.05, 0.1) is 24.2 Å². The highest BCUT2D eigenvalue weighted by Crippen LogP contribution is 2.39. The minimum Gasteiger partial charge on any atom is -0.388 e. The number of aliphatic hydroxyl groups excluding tert-OH is 1. The molecule has 0 aliphatic carbocycles. The van der Waals surface area contributed by atoms with E-state index in [1.807, 2.05) is 4.90 Å². The molecule has 0 saturated heterocycles. The highest BCUT2D eigenvalue weighted by Gasteiger charge is 2.25. The third-order valence-corrected chi connectivity index (χ3v) is 4.09. The molecule has 0 fully saturated rings. The molecule has 20 heavy (non-hydrogen) atoms. The number of nitrogens with zero attached hydrogens (tertiary/aromatic N) is 2. The summed E-state index contributed by atoms with van der Waals surface area (Å²) in [6, 6.07) is 1.43. The minimum absolute atomic E-state index is 0.0121. The van der Waals surface area contributed by atoms with Crippen LogP contribution >= 0.6 is 11.3 Å². The monoisotopic (exact) mass is 304 g/mol. The molecule has 8 heteroatoms. The first-order valence-electron chi connectivity index (χ1n) is 6.20. The number of methoxy groups -OCH3 is 2. The van der Waals surface area contributed by atoms with Gasteiger partial charge in [-0.2, -0.15) is 0 Å². The average Bonchev–Trinajstić information content (AvgIpc) is 2.84. The molecule has 0 spiro atoms. The quantitative estimate of drug-likeness (QED) is 0.553.